The number of allylic oxidation sites excluding steroid dienone is 3. The van der Waals surface area contributed by atoms with Gasteiger partial charge in [0, 0.05) is 0 Å². The number of carbonyl (C=O) groups excluding carboxylic acids is 1. The van der Waals surface area contributed by atoms with Crippen LogP contribution in [0.5, 0.6) is 0 Å². The molecule has 0 aliphatic carbocycles. The van der Waals surface area contributed by atoms with Gasteiger partial charge < -0.3 is 40.3 Å². The van der Waals surface area contributed by atoms with Gasteiger partial charge >= 0.3 is 10.4 Å². The minimum Gasteiger partial charge on any atom is -0.394 e. The Bertz CT molecular complexity index is 899. The molecule has 1 aliphatic heterocycles. The van der Waals surface area contributed by atoms with Gasteiger partial charge in [0.15, 0.2) is 6.29 Å². The fraction of sp³-hybridized carbons (Fsp3) is 0.821. The van der Waals surface area contributed by atoms with Gasteiger partial charge in [-0.2, -0.15) is 8.42 Å². The first kappa shape index (κ1) is 38.6. The average molecular weight is 626 g/mol. The number of hydrogen-bond acceptors (Lipinski definition) is 11. The van der Waals surface area contributed by atoms with E-state index in [1.165, 1.54) is 18.9 Å². The zero-order valence-corrected chi connectivity index (χ0v) is 25.5. The van der Waals surface area contributed by atoms with Gasteiger partial charge in [-0.05, 0) is 32.1 Å². The molecule has 0 radical (unpaired) electrons. The normalized spacial score (nSPS) is 25.6. The number of aliphatic hydroxyl groups excluding tert-OH is 5. The highest BCUT2D eigenvalue weighted by Gasteiger charge is 2.48. The molecule has 1 aliphatic rings. The lowest BCUT2D eigenvalue weighted by Gasteiger charge is -2.41. The summed E-state index contributed by atoms with van der Waals surface area (Å²) in [6.07, 6.45) is 5.77. The Kier molecular flexibility index (Phi) is 19.5. The van der Waals surface area contributed by atoms with Crippen LogP contribution in [-0.2, 0) is 28.9 Å². The van der Waals surface area contributed by atoms with E-state index < -0.39 is 78.5 Å². The summed E-state index contributed by atoms with van der Waals surface area (Å²) in [6.45, 7) is 2.82. The number of ether oxygens (including phenoxy) is 2. The number of aliphatic hydroxyl groups is 5. The Balaban J connectivity index is 2.73. The van der Waals surface area contributed by atoms with Crippen molar-refractivity contribution < 1.29 is 57.0 Å². The van der Waals surface area contributed by atoms with E-state index in [4.69, 9.17) is 14.0 Å². The van der Waals surface area contributed by atoms with Crippen LogP contribution in [0, 0.1) is 0 Å². The Morgan fingerprint density at radius 1 is 0.952 bits per heavy atom. The van der Waals surface area contributed by atoms with Crippen LogP contribution in [0.25, 0.3) is 0 Å². The summed E-state index contributed by atoms with van der Waals surface area (Å²) in [5.74, 6) is -0.730. The summed E-state index contributed by atoms with van der Waals surface area (Å²) < 4.78 is 46.6. The van der Waals surface area contributed by atoms with Crippen molar-refractivity contribution >= 4 is 16.3 Å². The number of hydrogen-bond donors (Lipinski definition) is 7. The maximum absolute atomic E-state index is 12.7. The number of nitrogens with one attached hydrogen (secondary N) is 1. The summed E-state index contributed by atoms with van der Waals surface area (Å²) in [5.41, 5.74) is 0. The van der Waals surface area contributed by atoms with Gasteiger partial charge in [-0.1, -0.05) is 76.7 Å². The molecule has 0 bridgehead atoms. The standard InChI is InChI=1S/C28H51NO12S/c1-3-5-7-8-9-10-11-12-13-15-17-22(32)27(35)29-20(21(31)16-14-6-4-2)19-39-28-25(34)26(41-42(36,37)38)24(33)23(18-30)40-28/h8-9,14,16,20-26,28,30-34H,3-7,10-13,15,17-19H2,1-2H3,(H,29,35)(H,36,37,38)/b9-8-,16-14+. The van der Waals surface area contributed by atoms with Crippen LogP contribution in [0.15, 0.2) is 24.3 Å². The second kappa shape index (κ2) is 21.3. The van der Waals surface area contributed by atoms with Gasteiger partial charge in [0.25, 0.3) is 0 Å². The molecule has 1 fully saturated rings. The molecular weight excluding hydrogens is 574 g/mol. The molecule has 0 saturated carbocycles. The number of carbonyl (C=O) groups is 1. The molecule has 13 nitrogen and oxygen atoms in total. The SMILES string of the molecule is CCC/C=C/C(O)C(COC1OC(CO)C(O)C(OS(=O)(=O)O)C1O)NC(=O)C(O)CCCCCC/C=C\CCCC. The predicted molar refractivity (Wildman–Crippen MR) is 154 cm³/mol. The minimum absolute atomic E-state index is 0.225. The van der Waals surface area contributed by atoms with Gasteiger partial charge in [-0.3, -0.25) is 9.35 Å². The lowest BCUT2D eigenvalue weighted by molar-refractivity contribution is -0.298. The molecule has 1 heterocycles. The van der Waals surface area contributed by atoms with E-state index in [1.54, 1.807) is 6.08 Å². The van der Waals surface area contributed by atoms with Gasteiger partial charge in [-0.15, -0.1) is 0 Å². The smallest absolute Gasteiger partial charge is 0.394 e. The summed E-state index contributed by atoms with van der Waals surface area (Å²) in [7, 11) is -5.10. The Morgan fingerprint density at radius 3 is 2.24 bits per heavy atom. The minimum atomic E-state index is -5.10. The zero-order chi connectivity index (χ0) is 31.5. The van der Waals surface area contributed by atoms with Crippen molar-refractivity contribution in [1.82, 2.24) is 5.32 Å². The van der Waals surface area contributed by atoms with E-state index in [1.807, 2.05) is 6.92 Å². The molecule has 42 heavy (non-hydrogen) atoms. The number of rotatable bonds is 22. The van der Waals surface area contributed by atoms with Crippen molar-refractivity contribution in [3.05, 3.63) is 24.3 Å². The molecule has 0 aromatic rings. The molecule has 1 saturated heterocycles. The Morgan fingerprint density at radius 2 is 1.62 bits per heavy atom. The topological polar surface area (TPSA) is 212 Å². The molecule has 8 atom stereocenters. The Hall–Kier alpha value is -1.46. The van der Waals surface area contributed by atoms with Crippen molar-refractivity contribution in [3.8, 4) is 0 Å². The zero-order valence-electron chi connectivity index (χ0n) is 24.7. The first-order chi connectivity index (χ1) is 19.9. The largest absolute Gasteiger partial charge is 0.397 e. The van der Waals surface area contributed by atoms with Crippen LogP contribution < -0.4 is 5.32 Å². The third kappa shape index (κ3) is 15.3. The molecule has 8 unspecified atom stereocenters. The lowest BCUT2D eigenvalue weighted by atomic mass is 9.99. The highest BCUT2D eigenvalue weighted by atomic mass is 32.3. The summed E-state index contributed by atoms with van der Waals surface area (Å²) >= 11 is 0. The van der Waals surface area contributed by atoms with E-state index in [2.05, 4.69) is 28.6 Å². The second-order valence-corrected chi connectivity index (χ2v) is 11.5. The molecule has 14 heteroatoms. The van der Waals surface area contributed by atoms with Crippen LogP contribution in [0.4, 0.5) is 0 Å². The Labute approximate surface area is 249 Å². The fourth-order valence-electron chi connectivity index (χ4n) is 4.33. The average Bonchev–Trinajstić information content (AvgIpc) is 2.94. The van der Waals surface area contributed by atoms with Crippen molar-refractivity contribution in [2.45, 2.75) is 133 Å². The molecule has 0 aromatic heterocycles. The van der Waals surface area contributed by atoms with Crippen molar-refractivity contribution in [2.24, 2.45) is 0 Å². The van der Waals surface area contributed by atoms with Crippen molar-refractivity contribution in [2.75, 3.05) is 13.2 Å². The van der Waals surface area contributed by atoms with E-state index >= 15 is 0 Å². The van der Waals surface area contributed by atoms with Crippen molar-refractivity contribution in [1.29, 1.82) is 0 Å². The highest BCUT2D eigenvalue weighted by Crippen LogP contribution is 2.25. The quantitative estimate of drug-likeness (QED) is 0.0515. The van der Waals surface area contributed by atoms with E-state index in [0.717, 1.165) is 38.5 Å². The monoisotopic (exact) mass is 625 g/mol. The number of unbranched alkanes of at least 4 members (excludes halogenated alkanes) is 7. The molecule has 1 rings (SSSR count). The third-order valence-corrected chi connectivity index (χ3v) is 7.28. The number of amides is 1. The highest BCUT2D eigenvalue weighted by molar-refractivity contribution is 7.80. The van der Waals surface area contributed by atoms with Crippen LogP contribution in [-0.4, -0.2) is 107 Å². The van der Waals surface area contributed by atoms with Gasteiger partial charge in [0.05, 0.1) is 25.4 Å². The molecule has 246 valence electrons. The van der Waals surface area contributed by atoms with Gasteiger partial charge in [-0.25, -0.2) is 4.18 Å². The van der Waals surface area contributed by atoms with Crippen LogP contribution >= 0.6 is 0 Å². The maximum Gasteiger partial charge on any atom is 0.397 e. The third-order valence-electron chi connectivity index (χ3n) is 6.82. The maximum atomic E-state index is 12.7. The van der Waals surface area contributed by atoms with Gasteiger partial charge in [0.2, 0.25) is 5.91 Å². The molecule has 7 N–H and O–H groups in total. The van der Waals surface area contributed by atoms with Crippen LogP contribution in [0.2, 0.25) is 0 Å². The summed E-state index contributed by atoms with van der Waals surface area (Å²) in [6, 6.07) is -1.11. The lowest BCUT2D eigenvalue weighted by Crippen LogP contribution is -2.61. The molecule has 0 aromatic carbocycles. The first-order valence-electron chi connectivity index (χ1n) is 14.8. The summed E-state index contributed by atoms with van der Waals surface area (Å²) in [4.78, 5) is 12.7. The predicted octanol–water partition coefficient (Wildman–Crippen LogP) is 1.28. The second-order valence-electron chi connectivity index (χ2n) is 10.5. The van der Waals surface area contributed by atoms with Crippen molar-refractivity contribution in [3.63, 3.8) is 0 Å². The van der Waals surface area contributed by atoms with E-state index in [9.17, 15) is 38.7 Å². The first-order valence-corrected chi connectivity index (χ1v) is 16.2. The molecule has 1 amide bonds. The van der Waals surface area contributed by atoms with Crippen LogP contribution in [0.3, 0.4) is 0 Å². The fourth-order valence-corrected chi connectivity index (χ4v) is 4.84. The molecular formula is C28H51NO12S. The summed E-state index contributed by atoms with van der Waals surface area (Å²) in [5, 5.41) is 53.8. The van der Waals surface area contributed by atoms with Crippen LogP contribution in [0.1, 0.15) is 84.5 Å². The van der Waals surface area contributed by atoms with E-state index in [0.29, 0.717) is 12.8 Å². The van der Waals surface area contributed by atoms with E-state index in [-0.39, 0.29) is 6.42 Å². The molecule has 0 spiro atoms. The van der Waals surface area contributed by atoms with Gasteiger partial charge in [0.1, 0.15) is 30.5 Å².